The minimum Gasteiger partial charge on any atom is -0.454 e. The number of carbonyl (C=O) groups excluding carboxylic acids is 1. The number of carbonyl (C=O) groups is 1. The first-order valence-electron chi connectivity index (χ1n) is 9.66. The fraction of sp³-hybridized carbons (Fsp3) is 0.368. The van der Waals surface area contributed by atoms with E-state index in [4.69, 9.17) is 21.1 Å². The molecule has 1 aromatic carbocycles. The van der Waals surface area contributed by atoms with Crippen molar-refractivity contribution in [3.05, 3.63) is 46.2 Å². The summed E-state index contributed by atoms with van der Waals surface area (Å²) < 4.78 is 40.2. The number of aromatic nitrogens is 4. The summed E-state index contributed by atoms with van der Waals surface area (Å²) in [6.07, 6.45) is 1.65. The highest BCUT2D eigenvalue weighted by atomic mass is 35.5. The first-order chi connectivity index (χ1) is 14.8. The molecule has 2 fully saturated rings. The number of esters is 1. The standard InChI is InChI=1S/C19H18ClN5O5S/c1-10-7-15(11-5-6-11)25-18(21-10)22-19(23-25)31(27,28)24-16-13(3-2-4-14(16)20)17(26)30-12-8-29-9-12/h2-4,7,11-12,24H,5-6,8-9H2,1H3. The summed E-state index contributed by atoms with van der Waals surface area (Å²) in [5, 5.41) is 3.76. The summed E-state index contributed by atoms with van der Waals surface area (Å²) in [5.74, 6) is -0.189. The van der Waals surface area contributed by atoms with E-state index in [0.29, 0.717) is 19.1 Å². The van der Waals surface area contributed by atoms with Crippen molar-refractivity contribution in [2.75, 3.05) is 17.9 Å². The average molecular weight is 464 g/mol. The zero-order valence-electron chi connectivity index (χ0n) is 16.4. The van der Waals surface area contributed by atoms with Gasteiger partial charge in [0.25, 0.3) is 21.0 Å². The molecule has 3 aromatic rings. The molecule has 1 N–H and O–H groups in total. The van der Waals surface area contributed by atoms with Crippen LogP contribution in [-0.4, -0.2) is 53.3 Å². The lowest BCUT2D eigenvalue weighted by molar-refractivity contribution is -0.103. The zero-order valence-corrected chi connectivity index (χ0v) is 18.0. The molecule has 2 aromatic heterocycles. The molecule has 0 radical (unpaired) electrons. The molecule has 0 atom stereocenters. The number of hydrogen-bond donors (Lipinski definition) is 1. The van der Waals surface area contributed by atoms with Crippen LogP contribution >= 0.6 is 11.6 Å². The van der Waals surface area contributed by atoms with Gasteiger partial charge in [-0.3, -0.25) is 4.72 Å². The number of rotatable bonds is 6. The summed E-state index contributed by atoms with van der Waals surface area (Å²) >= 11 is 6.21. The van der Waals surface area contributed by atoms with Crippen molar-refractivity contribution < 1.29 is 22.7 Å². The highest BCUT2D eigenvalue weighted by Gasteiger charge is 2.31. The highest BCUT2D eigenvalue weighted by Crippen LogP contribution is 2.40. The van der Waals surface area contributed by atoms with Crippen molar-refractivity contribution in [3.8, 4) is 0 Å². The molecule has 1 aliphatic heterocycles. The van der Waals surface area contributed by atoms with E-state index in [2.05, 4.69) is 19.8 Å². The molecule has 1 saturated carbocycles. The summed E-state index contributed by atoms with van der Waals surface area (Å²) in [5.41, 5.74) is 1.50. The van der Waals surface area contributed by atoms with E-state index in [1.165, 1.54) is 22.7 Å². The lowest BCUT2D eigenvalue weighted by Gasteiger charge is -2.26. The van der Waals surface area contributed by atoms with Crippen molar-refractivity contribution in [3.63, 3.8) is 0 Å². The average Bonchev–Trinajstić information content (AvgIpc) is 3.44. The molecule has 162 valence electrons. The quantitative estimate of drug-likeness (QED) is 0.552. The van der Waals surface area contributed by atoms with E-state index >= 15 is 0 Å². The van der Waals surface area contributed by atoms with E-state index < -0.39 is 21.1 Å². The van der Waals surface area contributed by atoms with Crippen LogP contribution < -0.4 is 4.72 Å². The fourth-order valence-corrected chi connectivity index (χ4v) is 4.50. The number of nitrogens with zero attached hydrogens (tertiary/aromatic N) is 4. The van der Waals surface area contributed by atoms with Crippen LogP contribution in [0, 0.1) is 6.92 Å². The van der Waals surface area contributed by atoms with E-state index in [-0.39, 0.29) is 28.2 Å². The Morgan fingerprint density at radius 1 is 1.29 bits per heavy atom. The third-order valence-electron chi connectivity index (χ3n) is 5.04. The molecule has 1 aliphatic carbocycles. The first kappa shape index (κ1) is 20.2. The SMILES string of the molecule is Cc1cc(C2CC2)n2nc(S(=O)(=O)Nc3c(Cl)cccc3C(=O)OC3COC3)nc2n1. The highest BCUT2D eigenvalue weighted by molar-refractivity contribution is 7.92. The van der Waals surface area contributed by atoms with Gasteiger partial charge in [0.2, 0.25) is 0 Å². The fourth-order valence-electron chi connectivity index (χ4n) is 3.25. The molecule has 0 spiro atoms. The van der Waals surface area contributed by atoms with Crippen LogP contribution in [0.4, 0.5) is 5.69 Å². The number of benzene rings is 1. The van der Waals surface area contributed by atoms with Gasteiger partial charge >= 0.3 is 5.97 Å². The maximum atomic E-state index is 13.1. The second-order valence-electron chi connectivity index (χ2n) is 7.54. The van der Waals surface area contributed by atoms with Gasteiger partial charge in [-0.1, -0.05) is 17.7 Å². The normalized spacial score (nSPS) is 16.8. The Morgan fingerprint density at radius 2 is 2.06 bits per heavy atom. The molecule has 0 unspecified atom stereocenters. The van der Waals surface area contributed by atoms with Gasteiger partial charge in [-0.2, -0.15) is 17.9 Å². The molecule has 10 nitrogen and oxygen atoms in total. The van der Waals surface area contributed by atoms with Crippen LogP contribution in [0.25, 0.3) is 5.78 Å². The molecule has 31 heavy (non-hydrogen) atoms. The number of hydrogen-bond acceptors (Lipinski definition) is 8. The number of fused-ring (bicyclic) bond motifs is 1. The Morgan fingerprint density at radius 3 is 2.74 bits per heavy atom. The predicted octanol–water partition coefficient (Wildman–Crippen LogP) is 2.32. The number of nitrogens with one attached hydrogen (secondary N) is 1. The molecular formula is C19H18ClN5O5S. The number of anilines is 1. The number of ether oxygens (including phenoxy) is 2. The maximum absolute atomic E-state index is 13.1. The summed E-state index contributed by atoms with van der Waals surface area (Å²) in [6, 6.07) is 6.32. The monoisotopic (exact) mass is 463 g/mol. The van der Waals surface area contributed by atoms with Gasteiger partial charge in [-0.15, -0.1) is 5.10 Å². The predicted molar refractivity (Wildman–Crippen MR) is 110 cm³/mol. The van der Waals surface area contributed by atoms with Crippen LogP contribution in [0.3, 0.4) is 0 Å². The topological polar surface area (TPSA) is 125 Å². The van der Waals surface area contributed by atoms with E-state index in [9.17, 15) is 13.2 Å². The van der Waals surface area contributed by atoms with Crippen molar-refractivity contribution >= 4 is 39.1 Å². The van der Waals surface area contributed by atoms with Crippen molar-refractivity contribution in [2.45, 2.75) is 36.9 Å². The lowest BCUT2D eigenvalue weighted by atomic mass is 10.2. The maximum Gasteiger partial charge on any atom is 0.340 e. The molecule has 3 heterocycles. The largest absolute Gasteiger partial charge is 0.454 e. The van der Waals surface area contributed by atoms with Gasteiger partial charge in [-0.25, -0.2) is 9.78 Å². The van der Waals surface area contributed by atoms with Crippen LogP contribution in [0.1, 0.15) is 40.5 Å². The van der Waals surface area contributed by atoms with Gasteiger partial charge in [0.15, 0.2) is 0 Å². The Hall–Kier alpha value is -2.76. The molecule has 0 bridgehead atoms. The number of halogens is 1. The summed E-state index contributed by atoms with van der Waals surface area (Å²) in [7, 11) is -4.26. The Balaban J connectivity index is 1.50. The van der Waals surface area contributed by atoms with Crippen LogP contribution in [0.5, 0.6) is 0 Å². The molecule has 1 saturated heterocycles. The Kier molecular flexibility index (Phi) is 4.83. The molecule has 12 heteroatoms. The first-order valence-corrected chi connectivity index (χ1v) is 11.5. The second kappa shape index (κ2) is 7.43. The number of sulfonamides is 1. The minimum atomic E-state index is -4.26. The Labute approximate surface area is 182 Å². The minimum absolute atomic E-state index is 0.0145. The molecule has 2 aliphatic rings. The third kappa shape index (κ3) is 3.84. The smallest absolute Gasteiger partial charge is 0.340 e. The van der Waals surface area contributed by atoms with Gasteiger partial charge in [0.05, 0.1) is 35.2 Å². The molecule has 0 amide bonds. The summed E-state index contributed by atoms with van der Waals surface area (Å²) in [6.45, 7) is 2.42. The third-order valence-corrected chi connectivity index (χ3v) is 6.48. The van der Waals surface area contributed by atoms with Gasteiger partial charge in [0, 0.05) is 11.6 Å². The molecular weight excluding hydrogens is 446 g/mol. The van der Waals surface area contributed by atoms with Crippen molar-refractivity contribution in [2.24, 2.45) is 0 Å². The van der Waals surface area contributed by atoms with Crippen LogP contribution in [-0.2, 0) is 19.5 Å². The zero-order chi connectivity index (χ0) is 21.8. The van der Waals surface area contributed by atoms with E-state index in [1.807, 2.05) is 13.0 Å². The van der Waals surface area contributed by atoms with E-state index in [1.54, 1.807) is 0 Å². The van der Waals surface area contributed by atoms with Crippen LogP contribution in [0.2, 0.25) is 5.02 Å². The number of para-hydroxylation sites is 1. The lowest BCUT2D eigenvalue weighted by Crippen LogP contribution is -2.38. The van der Waals surface area contributed by atoms with Gasteiger partial charge < -0.3 is 9.47 Å². The summed E-state index contributed by atoms with van der Waals surface area (Å²) in [4.78, 5) is 20.9. The van der Waals surface area contributed by atoms with E-state index in [0.717, 1.165) is 24.2 Å². The number of aryl methyl sites for hydroxylation is 1. The van der Waals surface area contributed by atoms with Gasteiger partial charge in [-0.05, 0) is 38.0 Å². The van der Waals surface area contributed by atoms with Crippen molar-refractivity contribution in [1.29, 1.82) is 0 Å². The molecule has 5 rings (SSSR count). The second-order valence-corrected chi connectivity index (χ2v) is 9.52. The van der Waals surface area contributed by atoms with Crippen molar-refractivity contribution in [1.82, 2.24) is 19.6 Å². The Bertz CT molecular complexity index is 1300. The van der Waals surface area contributed by atoms with Gasteiger partial charge in [0.1, 0.15) is 6.10 Å². The van der Waals surface area contributed by atoms with Crippen LogP contribution in [0.15, 0.2) is 29.4 Å².